The van der Waals surface area contributed by atoms with E-state index >= 15 is 0 Å². The summed E-state index contributed by atoms with van der Waals surface area (Å²) < 4.78 is 32.3. The minimum atomic E-state index is -4.48. The molecule has 0 unspecified atom stereocenters. The van der Waals surface area contributed by atoms with E-state index in [1.807, 2.05) is 4.98 Å². The Hall–Kier alpha value is -1.93. The maximum absolute atomic E-state index is 11.7. The highest BCUT2D eigenvalue weighted by Gasteiger charge is 2.25. The fraction of sp³-hybridized carbons (Fsp3) is 0.333. The average molecular weight is 298 g/mol. The molecule has 7 nitrogen and oxygen atoms in total. The van der Waals surface area contributed by atoms with Gasteiger partial charge in [0, 0.05) is 0 Å². The molecule has 0 aliphatic carbocycles. The number of aromatic nitrogens is 2. The summed E-state index contributed by atoms with van der Waals surface area (Å²) in [4.78, 5) is 27.1. The van der Waals surface area contributed by atoms with Gasteiger partial charge in [-0.3, -0.25) is 14.3 Å². The van der Waals surface area contributed by atoms with Crippen molar-refractivity contribution in [3.05, 3.63) is 38.5 Å². The maximum atomic E-state index is 11.7. The minimum Gasteiger partial charge on any atom is -0.307 e. The Morgan fingerprint density at radius 3 is 2.20 bits per heavy atom. The van der Waals surface area contributed by atoms with Crippen molar-refractivity contribution in [2.24, 2.45) is 0 Å². The highest BCUT2D eigenvalue weighted by molar-refractivity contribution is 7.85. The predicted octanol–water partition coefficient (Wildman–Crippen LogP) is 0.761. The van der Waals surface area contributed by atoms with E-state index in [0.29, 0.717) is 5.56 Å². The highest BCUT2D eigenvalue weighted by Crippen LogP contribution is 2.30. The Bertz CT molecular complexity index is 900. The molecule has 0 radical (unpaired) electrons. The first-order chi connectivity index (χ1) is 9.00. The van der Waals surface area contributed by atoms with Crippen LogP contribution in [0.25, 0.3) is 10.9 Å². The molecule has 0 saturated carbocycles. The van der Waals surface area contributed by atoms with Crippen LogP contribution in [-0.2, 0) is 15.5 Å². The number of H-pyrrole nitrogens is 2. The molecule has 0 bridgehead atoms. The molecule has 0 amide bonds. The molecule has 3 N–H and O–H groups in total. The summed E-state index contributed by atoms with van der Waals surface area (Å²) >= 11 is 0. The van der Waals surface area contributed by atoms with Crippen LogP contribution in [0.2, 0.25) is 0 Å². The predicted molar refractivity (Wildman–Crippen MR) is 73.7 cm³/mol. The van der Waals surface area contributed by atoms with Crippen LogP contribution in [0, 0.1) is 0 Å². The van der Waals surface area contributed by atoms with Crippen LogP contribution < -0.4 is 11.2 Å². The van der Waals surface area contributed by atoms with Crippen LogP contribution in [0.3, 0.4) is 0 Å². The van der Waals surface area contributed by atoms with Crippen molar-refractivity contribution in [1.29, 1.82) is 0 Å². The van der Waals surface area contributed by atoms with E-state index in [0.717, 1.165) is 6.07 Å². The molecule has 1 aromatic carbocycles. The molecular weight excluding hydrogens is 284 g/mol. The van der Waals surface area contributed by atoms with Crippen LogP contribution in [0.4, 0.5) is 0 Å². The van der Waals surface area contributed by atoms with E-state index in [1.165, 1.54) is 6.07 Å². The molecule has 1 aromatic heterocycles. The van der Waals surface area contributed by atoms with Gasteiger partial charge >= 0.3 is 5.69 Å². The van der Waals surface area contributed by atoms with Gasteiger partial charge in [-0.15, -0.1) is 0 Å². The summed E-state index contributed by atoms with van der Waals surface area (Å²) in [5.41, 5.74) is -1.46. The van der Waals surface area contributed by atoms with Gasteiger partial charge < -0.3 is 4.98 Å². The molecule has 2 aromatic rings. The van der Waals surface area contributed by atoms with Gasteiger partial charge in [-0.25, -0.2) is 4.79 Å². The van der Waals surface area contributed by atoms with E-state index in [4.69, 9.17) is 0 Å². The van der Waals surface area contributed by atoms with Crippen molar-refractivity contribution in [1.82, 2.24) is 9.97 Å². The van der Waals surface area contributed by atoms with E-state index in [-0.39, 0.29) is 15.8 Å². The van der Waals surface area contributed by atoms with Gasteiger partial charge in [0.2, 0.25) is 0 Å². The number of hydrogen-bond donors (Lipinski definition) is 3. The Morgan fingerprint density at radius 1 is 1.10 bits per heavy atom. The molecule has 108 valence electrons. The fourth-order valence-electron chi connectivity index (χ4n) is 1.99. The van der Waals surface area contributed by atoms with Gasteiger partial charge in [-0.2, -0.15) is 8.42 Å². The molecule has 0 fully saturated rings. The Labute approximate surface area is 114 Å². The van der Waals surface area contributed by atoms with Crippen LogP contribution in [0.1, 0.15) is 26.3 Å². The first kappa shape index (κ1) is 14.5. The number of benzene rings is 1. The van der Waals surface area contributed by atoms with Crippen molar-refractivity contribution < 1.29 is 13.0 Å². The summed E-state index contributed by atoms with van der Waals surface area (Å²) in [5, 5.41) is -0.00905. The highest BCUT2D eigenvalue weighted by atomic mass is 32.2. The largest absolute Gasteiger partial charge is 0.326 e. The topological polar surface area (TPSA) is 120 Å². The number of nitrogens with one attached hydrogen (secondary N) is 2. The Balaban J connectivity index is 3.05. The first-order valence-corrected chi connectivity index (χ1v) is 7.22. The summed E-state index contributed by atoms with van der Waals surface area (Å²) in [6.45, 7) is 5.27. The average Bonchev–Trinajstić information content (AvgIpc) is 2.24. The molecule has 0 spiro atoms. The van der Waals surface area contributed by atoms with E-state index < -0.39 is 26.8 Å². The molecule has 1 heterocycles. The van der Waals surface area contributed by atoms with Crippen molar-refractivity contribution in [2.45, 2.75) is 31.1 Å². The summed E-state index contributed by atoms with van der Waals surface area (Å²) in [5.74, 6) is 0. The molecule has 20 heavy (non-hydrogen) atoms. The first-order valence-electron chi connectivity index (χ1n) is 5.78. The van der Waals surface area contributed by atoms with Gasteiger partial charge in [0.25, 0.3) is 15.7 Å². The fourth-order valence-corrected chi connectivity index (χ4v) is 2.90. The summed E-state index contributed by atoms with van der Waals surface area (Å²) in [6.07, 6.45) is 0. The molecular formula is C12H14N2O5S. The third kappa shape index (κ3) is 2.52. The van der Waals surface area contributed by atoms with Crippen molar-refractivity contribution in [3.8, 4) is 0 Å². The second-order valence-corrected chi connectivity index (χ2v) is 6.92. The standard InChI is InChI=1S/C12H14N2O5S/c1-12(2,3)7-5-8-6(4-9(7)20(17,18)19)10(15)14-11(16)13-8/h4-5H,1-3H3,(H,17,18,19)(H2,13,14,15,16). The van der Waals surface area contributed by atoms with E-state index in [1.54, 1.807) is 20.8 Å². The monoisotopic (exact) mass is 298 g/mol. The number of aromatic amines is 2. The van der Waals surface area contributed by atoms with Gasteiger partial charge in [-0.1, -0.05) is 20.8 Å². The molecule has 2 rings (SSSR count). The van der Waals surface area contributed by atoms with Gasteiger partial charge in [-0.05, 0) is 23.1 Å². The van der Waals surface area contributed by atoms with Crippen molar-refractivity contribution >= 4 is 21.0 Å². The molecule has 0 saturated heterocycles. The van der Waals surface area contributed by atoms with Crippen LogP contribution in [0.5, 0.6) is 0 Å². The second kappa shape index (κ2) is 4.29. The van der Waals surface area contributed by atoms with Crippen molar-refractivity contribution in [3.63, 3.8) is 0 Å². The lowest BCUT2D eigenvalue weighted by molar-refractivity contribution is 0.476. The van der Waals surface area contributed by atoms with Crippen LogP contribution >= 0.6 is 0 Å². The zero-order valence-electron chi connectivity index (χ0n) is 11.1. The number of rotatable bonds is 1. The molecule has 8 heteroatoms. The number of hydrogen-bond acceptors (Lipinski definition) is 4. The lowest BCUT2D eigenvalue weighted by atomic mass is 9.86. The molecule has 0 atom stereocenters. The van der Waals surface area contributed by atoms with E-state index in [2.05, 4.69) is 4.98 Å². The molecule has 0 aliphatic heterocycles. The Kier molecular flexibility index (Phi) is 3.10. The molecule has 0 aliphatic rings. The normalized spacial score (nSPS) is 12.8. The Morgan fingerprint density at radius 2 is 1.70 bits per heavy atom. The third-order valence-corrected chi connectivity index (χ3v) is 3.82. The van der Waals surface area contributed by atoms with E-state index in [9.17, 15) is 22.6 Å². The lowest BCUT2D eigenvalue weighted by Crippen LogP contribution is -2.24. The lowest BCUT2D eigenvalue weighted by Gasteiger charge is -2.22. The quantitative estimate of drug-likeness (QED) is 0.671. The van der Waals surface area contributed by atoms with Crippen LogP contribution in [0.15, 0.2) is 26.6 Å². The van der Waals surface area contributed by atoms with Gasteiger partial charge in [0.05, 0.1) is 15.8 Å². The third-order valence-electron chi connectivity index (χ3n) is 2.93. The van der Waals surface area contributed by atoms with Crippen molar-refractivity contribution in [2.75, 3.05) is 0 Å². The summed E-state index contributed by atoms with van der Waals surface area (Å²) in [6, 6.07) is 2.47. The van der Waals surface area contributed by atoms with Gasteiger partial charge in [0.15, 0.2) is 0 Å². The number of fused-ring (bicyclic) bond motifs is 1. The summed E-state index contributed by atoms with van der Waals surface area (Å²) in [7, 11) is -4.48. The smallest absolute Gasteiger partial charge is 0.307 e. The zero-order valence-corrected chi connectivity index (χ0v) is 12.0. The second-order valence-electron chi connectivity index (χ2n) is 5.53. The maximum Gasteiger partial charge on any atom is 0.326 e. The zero-order chi connectivity index (χ0) is 15.3. The minimum absolute atomic E-state index is 0.00905. The van der Waals surface area contributed by atoms with Gasteiger partial charge in [0.1, 0.15) is 0 Å². The SMILES string of the molecule is CC(C)(C)c1cc2[nH]c(=O)[nH]c(=O)c2cc1S(=O)(=O)O. The van der Waals surface area contributed by atoms with Crippen LogP contribution in [-0.4, -0.2) is 22.9 Å².